The van der Waals surface area contributed by atoms with Crippen molar-refractivity contribution in [3.8, 4) is 0 Å². The average molecular weight is 222 g/mol. The van der Waals surface area contributed by atoms with Crippen molar-refractivity contribution < 1.29 is 14.3 Å². The number of rotatable bonds is 1. The summed E-state index contributed by atoms with van der Waals surface area (Å²) in [7, 11) is 0. The van der Waals surface area contributed by atoms with E-state index in [1.54, 1.807) is 0 Å². The molecule has 1 unspecified atom stereocenters. The van der Waals surface area contributed by atoms with Gasteiger partial charge < -0.3 is 9.47 Å². The number of Topliss-reactive ketones (excluding diaryl/α,β-unsaturated/α-hetero) is 1. The van der Waals surface area contributed by atoms with Gasteiger partial charge in [0.1, 0.15) is 6.10 Å². The Labute approximate surface area is 93.3 Å². The van der Waals surface area contributed by atoms with Gasteiger partial charge in [-0.3, -0.25) is 9.48 Å². The van der Waals surface area contributed by atoms with Gasteiger partial charge in [-0.25, -0.2) is 0 Å². The van der Waals surface area contributed by atoms with Crippen molar-refractivity contribution in [3.05, 3.63) is 17.5 Å². The molecule has 2 fully saturated rings. The highest BCUT2D eigenvalue weighted by atomic mass is 16.7. The summed E-state index contributed by atoms with van der Waals surface area (Å²) >= 11 is 0. The Morgan fingerprint density at radius 1 is 1.50 bits per heavy atom. The van der Waals surface area contributed by atoms with Gasteiger partial charge in [0.05, 0.1) is 18.3 Å². The van der Waals surface area contributed by atoms with Gasteiger partial charge in [-0.05, 0) is 19.9 Å². The summed E-state index contributed by atoms with van der Waals surface area (Å²) < 4.78 is 12.7. The smallest absolute Gasteiger partial charge is 0.218 e. The second-order valence-electron chi connectivity index (χ2n) is 4.45. The molecular formula is C11H14N2O3. The number of hydrogen-bond acceptors (Lipinski definition) is 4. The van der Waals surface area contributed by atoms with Gasteiger partial charge in [0, 0.05) is 12.1 Å². The lowest BCUT2D eigenvalue weighted by Crippen LogP contribution is -2.37. The Kier molecular flexibility index (Phi) is 2.12. The topological polar surface area (TPSA) is 53.4 Å². The second kappa shape index (κ2) is 3.40. The number of carbonyl (C=O) groups excluding carboxylic acids is 1. The molecule has 0 spiro atoms. The van der Waals surface area contributed by atoms with Gasteiger partial charge in [-0.2, -0.15) is 5.10 Å². The van der Waals surface area contributed by atoms with Crippen LogP contribution < -0.4 is 0 Å². The molecule has 86 valence electrons. The molecule has 16 heavy (non-hydrogen) atoms. The number of hydrogen-bond donors (Lipinski definition) is 0. The van der Waals surface area contributed by atoms with E-state index in [1.807, 2.05) is 24.6 Å². The molecule has 0 aliphatic carbocycles. The van der Waals surface area contributed by atoms with Crippen LogP contribution in [0, 0.1) is 13.8 Å². The van der Waals surface area contributed by atoms with Crippen molar-refractivity contribution >= 4 is 5.78 Å². The molecule has 2 aliphatic heterocycles. The highest BCUT2D eigenvalue weighted by Gasteiger charge is 2.44. The maximum absolute atomic E-state index is 11.7. The molecule has 3 heterocycles. The molecule has 1 aromatic rings. The molecule has 3 rings (SSSR count). The van der Waals surface area contributed by atoms with E-state index >= 15 is 0 Å². The Balaban J connectivity index is 1.95. The second-order valence-corrected chi connectivity index (χ2v) is 4.45. The molecule has 3 atom stereocenters. The summed E-state index contributed by atoms with van der Waals surface area (Å²) in [5, 5.41) is 4.41. The lowest BCUT2D eigenvalue weighted by atomic mass is 10.0. The summed E-state index contributed by atoms with van der Waals surface area (Å²) in [6, 6.07) is 1.99. The van der Waals surface area contributed by atoms with Crippen LogP contribution in [0.5, 0.6) is 0 Å². The number of nitrogens with zero attached hydrogens (tertiary/aromatic N) is 2. The van der Waals surface area contributed by atoms with Crippen LogP contribution in [0.1, 0.15) is 23.9 Å². The minimum Gasteiger partial charge on any atom is -0.343 e. The molecule has 0 saturated carbocycles. The molecule has 5 nitrogen and oxygen atoms in total. The minimum absolute atomic E-state index is 0.0139. The third-order valence-corrected chi connectivity index (χ3v) is 3.17. The number of ether oxygens (including phenoxy) is 2. The maximum atomic E-state index is 11.7. The molecule has 1 aromatic heterocycles. The summed E-state index contributed by atoms with van der Waals surface area (Å²) in [5.41, 5.74) is 2.02. The third kappa shape index (κ3) is 1.39. The van der Waals surface area contributed by atoms with Crippen LogP contribution in [-0.2, 0) is 14.3 Å². The largest absolute Gasteiger partial charge is 0.343 e. The first-order valence-electron chi connectivity index (χ1n) is 5.47. The SMILES string of the molecule is Cc1cc(C)n([C@@H]2CC(=O)[C@@H]3OCC2O3)n1. The number of fused-ring (bicyclic) bond motifs is 2. The molecule has 0 aromatic carbocycles. The van der Waals surface area contributed by atoms with Gasteiger partial charge in [0.25, 0.3) is 0 Å². The molecule has 0 amide bonds. The van der Waals surface area contributed by atoms with E-state index in [2.05, 4.69) is 5.10 Å². The Hall–Kier alpha value is -1.20. The highest BCUT2D eigenvalue weighted by molar-refractivity contribution is 5.83. The predicted molar refractivity (Wildman–Crippen MR) is 55.0 cm³/mol. The standard InChI is InChI=1S/C11H14N2O3/c1-6-3-7(2)13(12-6)8-4-9(14)11-15-5-10(8)16-11/h3,8,10-11H,4-5H2,1-2H3/t8-,10?,11-/m1/s1. The fourth-order valence-electron chi connectivity index (χ4n) is 2.45. The van der Waals surface area contributed by atoms with Gasteiger partial charge >= 0.3 is 0 Å². The first-order chi connectivity index (χ1) is 7.65. The number of aromatic nitrogens is 2. The maximum Gasteiger partial charge on any atom is 0.218 e. The number of carbonyl (C=O) groups is 1. The molecular weight excluding hydrogens is 208 g/mol. The normalized spacial score (nSPS) is 33.4. The first-order valence-corrected chi connectivity index (χ1v) is 5.47. The van der Waals surface area contributed by atoms with E-state index in [9.17, 15) is 4.79 Å². The van der Waals surface area contributed by atoms with Crippen LogP contribution in [0.4, 0.5) is 0 Å². The van der Waals surface area contributed by atoms with E-state index in [-0.39, 0.29) is 17.9 Å². The van der Waals surface area contributed by atoms with Gasteiger partial charge in [-0.1, -0.05) is 0 Å². The van der Waals surface area contributed by atoms with Crippen molar-refractivity contribution in [2.24, 2.45) is 0 Å². The number of ketones is 1. The van der Waals surface area contributed by atoms with Crippen molar-refractivity contribution in [3.63, 3.8) is 0 Å². The van der Waals surface area contributed by atoms with Crippen LogP contribution in [0.2, 0.25) is 0 Å². The summed E-state index contributed by atoms with van der Waals surface area (Å²) in [4.78, 5) is 11.7. The fourth-order valence-corrected chi connectivity index (χ4v) is 2.45. The molecule has 2 saturated heterocycles. The molecule has 0 N–H and O–H groups in total. The minimum atomic E-state index is -0.627. The zero-order valence-corrected chi connectivity index (χ0v) is 9.34. The van der Waals surface area contributed by atoms with E-state index in [0.29, 0.717) is 13.0 Å². The lowest BCUT2D eigenvalue weighted by Gasteiger charge is -2.27. The number of aryl methyl sites for hydroxylation is 2. The summed E-state index contributed by atoms with van der Waals surface area (Å²) in [5.74, 6) is 0.0197. The van der Waals surface area contributed by atoms with Crippen LogP contribution in [0.3, 0.4) is 0 Å². The third-order valence-electron chi connectivity index (χ3n) is 3.17. The molecule has 2 bridgehead atoms. The predicted octanol–water partition coefficient (Wildman–Crippen LogP) is 0.755. The molecule has 2 aliphatic rings. The van der Waals surface area contributed by atoms with E-state index in [0.717, 1.165) is 11.4 Å². The van der Waals surface area contributed by atoms with Gasteiger partial charge in [0.2, 0.25) is 6.29 Å². The molecule has 5 heteroatoms. The van der Waals surface area contributed by atoms with Gasteiger partial charge in [-0.15, -0.1) is 0 Å². The van der Waals surface area contributed by atoms with E-state index < -0.39 is 6.29 Å². The first kappa shape index (κ1) is 9.99. The fraction of sp³-hybridized carbons (Fsp3) is 0.636. The van der Waals surface area contributed by atoms with Crippen molar-refractivity contribution in [2.75, 3.05) is 6.61 Å². The Bertz CT molecular complexity index is 440. The quantitative estimate of drug-likeness (QED) is 0.703. The average Bonchev–Trinajstić information content (AvgIpc) is 2.78. The molecule has 0 radical (unpaired) electrons. The summed E-state index contributed by atoms with van der Waals surface area (Å²) in [6.07, 6.45) is -0.212. The van der Waals surface area contributed by atoms with Crippen LogP contribution >= 0.6 is 0 Å². The van der Waals surface area contributed by atoms with Crippen LogP contribution in [-0.4, -0.2) is 34.6 Å². The lowest BCUT2D eigenvalue weighted by molar-refractivity contribution is -0.156. The Morgan fingerprint density at radius 3 is 3.00 bits per heavy atom. The Morgan fingerprint density at radius 2 is 2.31 bits per heavy atom. The van der Waals surface area contributed by atoms with Crippen molar-refractivity contribution in [1.29, 1.82) is 0 Å². The van der Waals surface area contributed by atoms with E-state index in [1.165, 1.54) is 0 Å². The van der Waals surface area contributed by atoms with E-state index in [4.69, 9.17) is 9.47 Å². The van der Waals surface area contributed by atoms with Crippen LogP contribution in [0.15, 0.2) is 6.07 Å². The zero-order chi connectivity index (χ0) is 11.3. The van der Waals surface area contributed by atoms with Gasteiger partial charge in [0.15, 0.2) is 5.78 Å². The zero-order valence-electron chi connectivity index (χ0n) is 9.34. The van der Waals surface area contributed by atoms with Crippen LogP contribution in [0.25, 0.3) is 0 Å². The van der Waals surface area contributed by atoms with Crippen molar-refractivity contribution in [1.82, 2.24) is 9.78 Å². The van der Waals surface area contributed by atoms with Crippen molar-refractivity contribution in [2.45, 2.75) is 38.7 Å². The highest BCUT2D eigenvalue weighted by Crippen LogP contribution is 2.33. The monoisotopic (exact) mass is 222 g/mol. The summed E-state index contributed by atoms with van der Waals surface area (Å²) in [6.45, 7) is 4.43.